The summed E-state index contributed by atoms with van der Waals surface area (Å²) in [5.41, 5.74) is 7.79. The minimum atomic E-state index is -0.0627. The van der Waals surface area contributed by atoms with Crippen LogP contribution >= 0.6 is 0 Å². The third-order valence-electron chi connectivity index (χ3n) is 3.19. The van der Waals surface area contributed by atoms with E-state index in [9.17, 15) is 0 Å². The number of nitrogens with one attached hydrogen (secondary N) is 2. The van der Waals surface area contributed by atoms with E-state index >= 15 is 0 Å². The summed E-state index contributed by atoms with van der Waals surface area (Å²) in [6, 6.07) is 3.82. The number of fused-ring (bicyclic) bond motifs is 1. The lowest BCUT2D eigenvalue weighted by Gasteiger charge is -2.15. The van der Waals surface area contributed by atoms with Crippen LogP contribution in [0.5, 0.6) is 0 Å². The molecule has 0 fully saturated rings. The molecule has 17 heavy (non-hydrogen) atoms. The van der Waals surface area contributed by atoms with Gasteiger partial charge in [0.25, 0.3) is 0 Å². The first-order valence-corrected chi connectivity index (χ1v) is 5.95. The van der Waals surface area contributed by atoms with Crippen LogP contribution < -0.4 is 11.1 Å². The van der Waals surface area contributed by atoms with Gasteiger partial charge in [-0.25, -0.2) is 9.97 Å². The average molecular weight is 233 g/mol. The normalized spacial score (nSPS) is 14.8. The maximum atomic E-state index is 6.15. The Bertz CT molecular complexity index is 505. The van der Waals surface area contributed by atoms with Gasteiger partial charge in [-0.3, -0.25) is 0 Å². The number of anilines is 1. The Morgan fingerprint density at radius 2 is 2.18 bits per heavy atom. The Hall–Kier alpha value is -1.62. The highest BCUT2D eigenvalue weighted by Crippen LogP contribution is 2.22. The molecule has 0 amide bonds. The minimum Gasteiger partial charge on any atom is -0.373 e. The zero-order chi connectivity index (χ0) is 12.4. The first-order valence-electron chi connectivity index (χ1n) is 5.95. The van der Waals surface area contributed by atoms with E-state index in [0.29, 0.717) is 11.6 Å². The number of hydrogen-bond donors (Lipinski definition) is 3. The summed E-state index contributed by atoms with van der Waals surface area (Å²) in [4.78, 5) is 12.1. The van der Waals surface area contributed by atoms with Gasteiger partial charge in [0.1, 0.15) is 11.6 Å². The van der Waals surface area contributed by atoms with Gasteiger partial charge in [0, 0.05) is 7.05 Å². The van der Waals surface area contributed by atoms with Crippen LogP contribution in [0.2, 0.25) is 0 Å². The van der Waals surface area contributed by atoms with Crippen molar-refractivity contribution in [2.75, 3.05) is 12.4 Å². The van der Waals surface area contributed by atoms with Gasteiger partial charge in [-0.15, -0.1) is 0 Å². The molecule has 2 rings (SSSR count). The Morgan fingerprint density at radius 3 is 2.82 bits per heavy atom. The van der Waals surface area contributed by atoms with Crippen molar-refractivity contribution < 1.29 is 0 Å². The molecule has 2 atom stereocenters. The van der Waals surface area contributed by atoms with Crippen LogP contribution in [0.25, 0.3) is 11.2 Å². The van der Waals surface area contributed by atoms with Gasteiger partial charge in [-0.05, 0) is 18.1 Å². The fraction of sp³-hybridized carbons (Fsp3) is 0.500. The van der Waals surface area contributed by atoms with E-state index < -0.39 is 0 Å². The predicted molar refractivity (Wildman–Crippen MR) is 69.8 cm³/mol. The van der Waals surface area contributed by atoms with Crippen molar-refractivity contribution in [3.63, 3.8) is 0 Å². The number of pyridine rings is 1. The van der Waals surface area contributed by atoms with Crippen molar-refractivity contribution in [1.82, 2.24) is 15.0 Å². The summed E-state index contributed by atoms with van der Waals surface area (Å²) in [5, 5.41) is 3.00. The summed E-state index contributed by atoms with van der Waals surface area (Å²) in [6.07, 6.45) is 1.04. The van der Waals surface area contributed by atoms with Crippen molar-refractivity contribution >= 4 is 17.0 Å². The first kappa shape index (κ1) is 11.9. The van der Waals surface area contributed by atoms with Gasteiger partial charge in [-0.1, -0.05) is 20.3 Å². The number of nitrogens with zero attached hydrogens (tertiary/aromatic N) is 2. The fourth-order valence-electron chi connectivity index (χ4n) is 1.73. The lowest BCUT2D eigenvalue weighted by atomic mass is 10.00. The number of nitrogens with two attached hydrogens (primary N) is 1. The molecular weight excluding hydrogens is 214 g/mol. The third kappa shape index (κ3) is 2.24. The van der Waals surface area contributed by atoms with E-state index in [1.54, 1.807) is 0 Å². The van der Waals surface area contributed by atoms with Crippen LogP contribution in [-0.4, -0.2) is 22.0 Å². The van der Waals surface area contributed by atoms with E-state index in [2.05, 4.69) is 34.1 Å². The van der Waals surface area contributed by atoms with E-state index in [-0.39, 0.29) is 6.04 Å². The fourth-order valence-corrected chi connectivity index (χ4v) is 1.73. The maximum absolute atomic E-state index is 6.15. The zero-order valence-corrected chi connectivity index (χ0v) is 10.5. The lowest BCUT2D eigenvalue weighted by Crippen LogP contribution is -2.19. The van der Waals surface area contributed by atoms with Crippen LogP contribution in [0.15, 0.2) is 12.1 Å². The maximum Gasteiger partial charge on any atom is 0.179 e. The van der Waals surface area contributed by atoms with Gasteiger partial charge in [0.15, 0.2) is 5.65 Å². The molecule has 0 saturated carbocycles. The average Bonchev–Trinajstić information content (AvgIpc) is 2.79. The Kier molecular flexibility index (Phi) is 3.28. The molecule has 4 N–H and O–H groups in total. The second-order valence-electron chi connectivity index (χ2n) is 4.35. The highest BCUT2D eigenvalue weighted by molar-refractivity contribution is 5.72. The molecule has 2 unspecified atom stereocenters. The summed E-state index contributed by atoms with van der Waals surface area (Å²) < 4.78 is 0. The molecule has 0 bridgehead atoms. The Balaban J connectivity index is 2.37. The van der Waals surface area contributed by atoms with Crippen LogP contribution in [0, 0.1) is 5.92 Å². The molecule has 92 valence electrons. The number of imidazole rings is 1. The molecule has 0 aromatic carbocycles. The van der Waals surface area contributed by atoms with Crippen molar-refractivity contribution in [2.45, 2.75) is 26.3 Å². The largest absolute Gasteiger partial charge is 0.373 e. The SMILES string of the molecule is CCC(C)C(N)c1nc2nc(NC)ccc2[nH]1. The number of H-pyrrole nitrogens is 1. The third-order valence-corrected chi connectivity index (χ3v) is 3.19. The van der Waals surface area contributed by atoms with Gasteiger partial charge in [0.2, 0.25) is 0 Å². The van der Waals surface area contributed by atoms with Gasteiger partial charge in [0.05, 0.1) is 11.6 Å². The number of aromatic amines is 1. The van der Waals surface area contributed by atoms with E-state index in [0.717, 1.165) is 23.6 Å². The summed E-state index contributed by atoms with van der Waals surface area (Å²) in [5.74, 6) is 2.03. The first-order chi connectivity index (χ1) is 8.15. The van der Waals surface area contributed by atoms with Crippen molar-refractivity contribution in [3.8, 4) is 0 Å². The quantitative estimate of drug-likeness (QED) is 0.755. The molecule has 2 aromatic rings. The topological polar surface area (TPSA) is 79.6 Å². The number of hydrogen-bond acceptors (Lipinski definition) is 4. The molecule has 0 saturated heterocycles. The number of rotatable bonds is 4. The van der Waals surface area contributed by atoms with Crippen molar-refractivity contribution in [1.29, 1.82) is 0 Å². The second-order valence-corrected chi connectivity index (χ2v) is 4.35. The van der Waals surface area contributed by atoms with Crippen molar-refractivity contribution in [2.24, 2.45) is 11.7 Å². The van der Waals surface area contributed by atoms with E-state index in [4.69, 9.17) is 5.73 Å². The van der Waals surface area contributed by atoms with Crippen molar-refractivity contribution in [3.05, 3.63) is 18.0 Å². The van der Waals surface area contributed by atoms with E-state index in [1.807, 2.05) is 19.2 Å². The second kappa shape index (κ2) is 4.71. The molecule has 5 heteroatoms. The van der Waals surface area contributed by atoms with Crippen LogP contribution in [-0.2, 0) is 0 Å². The molecule has 0 radical (unpaired) electrons. The van der Waals surface area contributed by atoms with Gasteiger partial charge >= 0.3 is 0 Å². The standard InChI is InChI=1S/C12H19N5/c1-4-7(2)10(13)12-15-8-5-6-9(14-3)16-11(8)17-12/h5-7,10H,4,13H2,1-3H3,(H2,14,15,16,17). The smallest absolute Gasteiger partial charge is 0.179 e. The van der Waals surface area contributed by atoms with Crippen LogP contribution in [0.3, 0.4) is 0 Å². The highest BCUT2D eigenvalue weighted by Gasteiger charge is 2.17. The highest BCUT2D eigenvalue weighted by atomic mass is 15.1. The minimum absolute atomic E-state index is 0.0627. The zero-order valence-electron chi connectivity index (χ0n) is 10.5. The van der Waals surface area contributed by atoms with Crippen LogP contribution in [0.4, 0.5) is 5.82 Å². The predicted octanol–water partition coefficient (Wildman–Crippen LogP) is 2.05. The molecule has 5 nitrogen and oxygen atoms in total. The van der Waals surface area contributed by atoms with E-state index in [1.165, 1.54) is 0 Å². The molecule has 2 aromatic heterocycles. The summed E-state index contributed by atoms with van der Waals surface area (Å²) in [6.45, 7) is 4.26. The molecule has 0 aliphatic heterocycles. The summed E-state index contributed by atoms with van der Waals surface area (Å²) in [7, 11) is 1.84. The summed E-state index contributed by atoms with van der Waals surface area (Å²) >= 11 is 0. The molecule has 0 aliphatic rings. The lowest BCUT2D eigenvalue weighted by molar-refractivity contribution is 0.442. The molecule has 2 heterocycles. The molecule has 0 spiro atoms. The Morgan fingerprint density at radius 1 is 1.41 bits per heavy atom. The monoisotopic (exact) mass is 233 g/mol. The Labute approximate surface area is 101 Å². The van der Waals surface area contributed by atoms with Crippen LogP contribution in [0.1, 0.15) is 32.1 Å². The molecule has 0 aliphatic carbocycles. The van der Waals surface area contributed by atoms with Gasteiger partial charge < -0.3 is 16.0 Å². The number of aromatic nitrogens is 3. The molecular formula is C12H19N5. The van der Waals surface area contributed by atoms with Gasteiger partial charge in [-0.2, -0.15) is 0 Å².